The Morgan fingerprint density at radius 2 is 2.22 bits per heavy atom. The van der Waals surface area contributed by atoms with Crippen LogP contribution in [0.25, 0.3) is 0 Å². The van der Waals surface area contributed by atoms with Gasteiger partial charge in [-0.25, -0.2) is 0 Å². The van der Waals surface area contributed by atoms with Crippen molar-refractivity contribution < 1.29 is 4.74 Å². The summed E-state index contributed by atoms with van der Waals surface area (Å²) in [5.41, 5.74) is 5.60. The number of methoxy groups -OCH3 is 1. The maximum absolute atomic E-state index is 5.60. The molecule has 1 fully saturated rings. The largest absolute Gasteiger partial charge is 0.378 e. The lowest BCUT2D eigenvalue weighted by Gasteiger charge is -2.10. The van der Waals surface area contributed by atoms with Crippen LogP contribution < -0.4 is 11.1 Å². The molecule has 0 aromatic heterocycles. The van der Waals surface area contributed by atoms with Gasteiger partial charge in [0.15, 0.2) is 0 Å². The summed E-state index contributed by atoms with van der Waals surface area (Å²) in [6, 6.07) is 0.194. The SMILES string of the molecule is COC1CNCC1N.Cl. The van der Waals surface area contributed by atoms with Crippen LogP contribution in [0.3, 0.4) is 0 Å². The Morgan fingerprint density at radius 3 is 2.44 bits per heavy atom. The van der Waals surface area contributed by atoms with Crippen molar-refractivity contribution in [2.24, 2.45) is 5.73 Å². The molecule has 2 atom stereocenters. The van der Waals surface area contributed by atoms with E-state index < -0.39 is 0 Å². The molecule has 1 saturated heterocycles. The van der Waals surface area contributed by atoms with Crippen molar-refractivity contribution >= 4 is 12.4 Å². The Hall–Kier alpha value is 0.170. The Labute approximate surface area is 61.3 Å². The highest BCUT2D eigenvalue weighted by atomic mass is 35.5. The average molecular weight is 153 g/mol. The smallest absolute Gasteiger partial charge is 0.0858 e. The first-order chi connectivity index (χ1) is 3.84. The van der Waals surface area contributed by atoms with Crippen LogP contribution in [-0.2, 0) is 4.74 Å². The van der Waals surface area contributed by atoms with E-state index >= 15 is 0 Å². The third-order valence-electron chi connectivity index (χ3n) is 1.51. The summed E-state index contributed by atoms with van der Waals surface area (Å²) in [6.07, 6.45) is 0.231. The fraction of sp³-hybridized carbons (Fsp3) is 1.00. The summed E-state index contributed by atoms with van der Waals surface area (Å²) >= 11 is 0. The van der Waals surface area contributed by atoms with Gasteiger partial charge in [-0.05, 0) is 0 Å². The van der Waals surface area contributed by atoms with E-state index in [1.807, 2.05) is 0 Å². The van der Waals surface area contributed by atoms with E-state index in [9.17, 15) is 0 Å². The van der Waals surface area contributed by atoms with Gasteiger partial charge >= 0.3 is 0 Å². The summed E-state index contributed by atoms with van der Waals surface area (Å²) in [6.45, 7) is 1.79. The summed E-state index contributed by atoms with van der Waals surface area (Å²) in [7, 11) is 1.69. The van der Waals surface area contributed by atoms with Gasteiger partial charge in [0.2, 0.25) is 0 Å². The molecule has 56 valence electrons. The van der Waals surface area contributed by atoms with Gasteiger partial charge < -0.3 is 15.8 Å². The molecule has 0 bridgehead atoms. The van der Waals surface area contributed by atoms with Gasteiger partial charge in [-0.3, -0.25) is 0 Å². The minimum Gasteiger partial charge on any atom is -0.378 e. The lowest BCUT2D eigenvalue weighted by Crippen LogP contribution is -2.34. The molecule has 3 nitrogen and oxygen atoms in total. The zero-order chi connectivity index (χ0) is 5.98. The summed E-state index contributed by atoms with van der Waals surface area (Å²) < 4.78 is 5.04. The molecule has 1 rings (SSSR count). The number of ether oxygens (including phenoxy) is 1. The van der Waals surface area contributed by atoms with Crippen molar-refractivity contribution in [1.82, 2.24) is 5.32 Å². The molecule has 4 heteroatoms. The van der Waals surface area contributed by atoms with Gasteiger partial charge in [-0.15, -0.1) is 12.4 Å². The monoisotopic (exact) mass is 152 g/mol. The summed E-state index contributed by atoms with van der Waals surface area (Å²) in [4.78, 5) is 0. The van der Waals surface area contributed by atoms with Crippen LogP contribution in [0.1, 0.15) is 0 Å². The van der Waals surface area contributed by atoms with Crippen molar-refractivity contribution in [1.29, 1.82) is 0 Å². The van der Waals surface area contributed by atoms with E-state index in [0.717, 1.165) is 13.1 Å². The molecule has 0 aromatic rings. The predicted molar refractivity (Wildman–Crippen MR) is 38.9 cm³/mol. The van der Waals surface area contributed by atoms with E-state index in [4.69, 9.17) is 10.5 Å². The highest BCUT2D eigenvalue weighted by Crippen LogP contribution is 1.98. The van der Waals surface area contributed by atoms with Crippen molar-refractivity contribution in [3.05, 3.63) is 0 Å². The fourth-order valence-electron chi connectivity index (χ4n) is 0.933. The summed E-state index contributed by atoms with van der Waals surface area (Å²) in [5.74, 6) is 0. The average Bonchev–Trinajstić information content (AvgIpc) is 2.14. The van der Waals surface area contributed by atoms with Crippen LogP contribution in [0.2, 0.25) is 0 Å². The number of nitrogens with two attached hydrogens (primary N) is 1. The Kier molecular flexibility index (Phi) is 4.14. The van der Waals surface area contributed by atoms with Crippen LogP contribution in [0.15, 0.2) is 0 Å². The minimum atomic E-state index is 0. The first-order valence-electron chi connectivity index (χ1n) is 2.83. The number of nitrogens with one attached hydrogen (secondary N) is 1. The molecule has 2 unspecified atom stereocenters. The standard InChI is InChI=1S/C5H12N2O.ClH/c1-8-5-3-7-2-4(5)6;/h4-5,7H,2-3,6H2,1H3;1H. The summed E-state index contributed by atoms with van der Waals surface area (Å²) in [5, 5.41) is 3.12. The molecular weight excluding hydrogens is 140 g/mol. The Morgan fingerprint density at radius 1 is 1.56 bits per heavy atom. The van der Waals surface area contributed by atoms with Crippen molar-refractivity contribution in [2.75, 3.05) is 20.2 Å². The second-order valence-corrected chi connectivity index (χ2v) is 2.10. The maximum atomic E-state index is 5.60. The van der Waals surface area contributed by atoms with E-state index in [-0.39, 0.29) is 24.6 Å². The molecule has 0 aromatic carbocycles. The van der Waals surface area contributed by atoms with E-state index in [1.54, 1.807) is 7.11 Å². The molecule has 9 heavy (non-hydrogen) atoms. The highest BCUT2D eigenvalue weighted by molar-refractivity contribution is 5.85. The van der Waals surface area contributed by atoms with Gasteiger partial charge in [0.25, 0.3) is 0 Å². The minimum absolute atomic E-state index is 0. The molecule has 0 spiro atoms. The third kappa shape index (κ3) is 2.10. The molecule has 0 radical (unpaired) electrons. The number of rotatable bonds is 1. The molecule has 0 amide bonds. The van der Waals surface area contributed by atoms with Crippen molar-refractivity contribution in [3.8, 4) is 0 Å². The third-order valence-corrected chi connectivity index (χ3v) is 1.51. The molecule has 0 aliphatic carbocycles. The molecule has 0 saturated carbocycles. The Balaban J connectivity index is 0.000000640. The van der Waals surface area contributed by atoms with Crippen molar-refractivity contribution in [3.63, 3.8) is 0 Å². The molecule has 1 aliphatic rings. The second kappa shape index (κ2) is 4.06. The van der Waals surface area contributed by atoms with Crippen LogP contribution in [0, 0.1) is 0 Å². The van der Waals surface area contributed by atoms with E-state index in [1.165, 1.54) is 0 Å². The Bertz CT molecular complexity index is 81.4. The predicted octanol–water partition coefficient (Wildman–Crippen LogP) is -0.646. The van der Waals surface area contributed by atoms with Crippen LogP contribution in [0.5, 0.6) is 0 Å². The van der Waals surface area contributed by atoms with Gasteiger partial charge in [-0.2, -0.15) is 0 Å². The quantitative estimate of drug-likeness (QED) is 0.525. The van der Waals surface area contributed by atoms with Crippen LogP contribution in [-0.4, -0.2) is 32.3 Å². The van der Waals surface area contributed by atoms with Gasteiger partial charge in [0, 0.05) is 26.2 Å². The highest BCUT2D eigenvalue weighted by Gasteiger charge is 2.22. The zero-order valence-electron chi connectivity index (χ0n) is 5.46. The first kappa shape index (κ1) is 9.17. The van der Waals surface area contributed by atoms with E-state index in [0.29, 0.717) is 0 Å². The second-order valence-electron chi connectivity index (χ2n) is 2.10. The maximum Gasteiger partial charge on any atom is 0.0858 e. The van der Waals surface area contributed by atoms with Gasteiger partial charge in [0.05, 0.1) is 6.10 Å². The lowest BCUT2D eigenvalue weighted by atomic mass is 10.2. The van der Waals surface area contributed by atoms with Crippen LogP contribution in [0.4, 0.5) is 0 Å². The first-order valence-corrected chi connectivity index (χ1v) is 2.83. The number of halogens is 1. The molecule has 1 aliphatic heterocycles. The number of hydrogen-bond acceptors (Lipinski definition) is 3. The lowest BCUT2D eigenvalue weighted by molar-refractivity contribution is 0.107. The van der Waals surface area contributed by atoms with E-state index in [2.05, 4.69) is 5.32 Å². The van der Waals surface area contributed by atoms with Crippen LogP contribution >= 0.6 is 12.4 Å². The normalized spacial score (nSPS) is 34.0. The molecular formula is C5H13ClN2O. The zero-order valence-corrected chi connectivity index (χ0v) is 6.28. The molecule has 3 N–H and O–H groups in total. The van der Waals surface area contributed by atoms with Gasteiger partial charge in [-0.1, -0.05) is 0 Å². The topological polar surface area (TPSA) is 47.3 Å². The molecule has 1 heterocycles. The fourth-order valence-corrected chi connectivity index (χ4v) is 0.933. The van der Waals surface area contributed by atoms with Crippen molar-refractivity contribution in [2.45, 2.75) is 12.1 Å². The number of hydrogen-bond donors (Lipinski definition) is 2. The van der Waals surface area contributed by atoms with Gasteiger partial charge in [0.1, 0.15) is 0 Å².